The van der Waals surface area contributed by atoms with Crippen LogP contribution < -0.4 is 0 Å². The summed E-state index contributed by atoms with van der Waals surface area (Å²) < 4.78 is 0. The fraction of sp³-hybridized carbons (Fsp3) is 0.286. The van der Waals surface area contributed by atoms with Gasteiger partial charge in [0, 0.05) is 19.5 Å². The van der Waals surface area contributed by atoms with Gasteiger partial charge in [-0.1, -0.05) is 0 Å². The molecule has 2 N–H and O–H groups in total. The van der Waals surface area contributed by atoms with E-state index >= 15 is 0 Å². The first kappa shape index (κ1) is 10.5. The van der Waals surface area contributed by atoms with E-state index in [1.165, 1.54) is 6.20 Å². The Morgan fingerprint density at radius 1 is 1.55 bits per heavy atom. The molecule has 0 aromatic carbocycles. The molecule has 0 amide bonds. The van der Waals surface area contributed by atoms with E-state index in [2.05, 4.69) is 4.98 Å². The Labute approximate surface area is 77.9 Å². The summed E-state index contributed by atoms with van der Waals surface area (Å²) in [5, 5.41) is 17.6. The minimum atomic E-state index is -0.0773. The van der Waals surface area contributed by atoms with Crippen molar-refractivity contribution in [3.8, 4) is 5.75 Å². The summed E-state index contributed by atoms with van der Waals surface area (Å²) in [6.07, 6.45) is 1.32. The molecule has 4 heteroatoms. The van der Waals surface area contributed by atoms with Crippen molar-refractivity contribution in [3.05, 3.63) is 23.5 Å². The van der Waals surface area contributed by atoms with E-state index in [1.807, 2.05) is 0 Å². The normalized spacial score (nSPS) is 8.91. The van der Waals surface area contributed by atoms with Gasteiger partial charge in [-0.15, -0.1) is 0 Å². The van der Waals surface area contributed by atoms with Crippen molar-refractivity contribution >= 4 is 0 Å². The number of pyridine rings is 1. The number of hydrogen-bond donors (Lipinski definition) is 2. The Morgan fingerprint density at radius 3 is 2.64 bits per heavy atom. The molecule has 0 aliphatic carbocycles. The molecule has 0 saturated heterocycles. The van der Waals surface area contributed by atoms with Crippen molar-refractivity contribution in [1.82, 2.24) is 4.98 Å². The van der Waals surface area contributed by atoms with E-state index in [9.17, 15) is 0 Å². The standard InChI is InChI=1S/C7H9NO2.Rh/c1-5-2-6(10)3-8-7(5)4-9;/h2-3,9-10H,4H2,1H3;. The molecule has 0 atom stereocenters. The molecule has 0 unspecified atom stereocenters. The van der Waals surface area contributed by atoms with Crippen LogP contribution in [0.1, 0.15) is 11.3 Å². The van der Waals surface area contributed by atoms with Crippen molar-refractivity contribution in [2.75, 3.05) is 0 Å². The molecular weight excluding hydrogens is 233 g/mol. The van der Waals surface area contributed by atoms with Crippen LogP contribution in [0.3, 0.4) is 0 Å². The van der Waals surface area contributed by atoms with E-state index in [1.54, 1.807) is 13.0 Å². The Morgan fingerprint density at radius 2 is 2.18 bits per heavy atom. The number of aliphatic hydroxyl groups is 1. The van der Waals surface area contributed by atoms with E-state index < -0.39 is 0 Å². The summed E-state index contributed by atoms with van der Waals surface area (Å²) in [6, 6.07) is 1.57. The number of hydrogen-bond acceptors (Lipinski definition) is 3. The minimum Gasteiger partial charge on any atom is -0.506 e. The van der Waals surface area contributed by atoms with Crippen molar-refractivity contribution in [2.45, 2.75) is 13.5 Å². The smallest absolute Gasteiger partial charge is 0.134 e. The van der Waals surface area contributed by atoms with E-state index in [4.69, 9.17) is 10.2 Å². The van der Waals surface area contributed by atoms with Crippen LogP contribution in [0.15, 0.2) is 12.3 Å². The molecule has 1 aromatic rings. The predicted molar refractivity (Wildman–Crippen MR) is 36.6 cm³/mol. The summed E-state index contributed by atoms with van der Waals surface area (Å²) >= 11 is 0. The monoisotopic (exact) mass is 242 g/mol. The second-order valence-corrected chi connectivity index (χ2v) is 2.12. The Hall–Kier alpha value is -0.467. The maximum Gasteiger partial charge on any atom is 0.134 e. The van der Waals surface area contributed by atoms with Gasteiger partial charge in [-0.2, -0.15) is 0 Å². The van der Waals surface area contributed by atoms with Gasteiger partial charge in [-0.3, -0.25) is 4.98 Å². The van der Waals surface area contributed by atoms with Gasteiger partial charge in [0.1, 0.15) is 5.75 Å². The molecule has 11 heavy (non-hydrogen) atoms. The summed E-state index contributed by atoms with van der Waals surface area (Å²) in [5.41, 5.74) is 1.42. The fourth-order valence-corrected chi connectivity index (χ4v) is 0.754. The van der Waals surface area contributed by atoms with Crippen LogP contribution in [0.2, 0.25) is 0 Å². The van der Waals surface area contributed by atoms with Crippen LogP contribution in [0.5, 0.6) is 5.75 Å². The van der Waals surface area contributed by atoms with Gasteiger partial charge in [0.25, 0.3) is 0 Å². The maximum atomic E-state index is 8.89. The van der Waals surface area contributed by atoms with Crippen molar-refractivity contribution in [1.29, 1.82) is 0 Å². The topological polar surface area (TPSA) is 53.4 Å². The number of rotatable bonds is 1. The second kappa shape index (κ2) is 4.42. The molecule has 0 fully saturated rings. The predicted octanol–water partition coefficient (Wildman–Crippen LogP) is 0.585. The summed E-state index contributed by atoms with van der Waals surface area (Å²) in [6.45, 7) is 1.71. The second-order valence-electron chi connectivity index (χ2n) is 2.12. The molecule has 63 valence electrons. The van der Waals surface area contributed by atoms with Gasteiger partial charge in [-0.05, 0) is 18.6 Å². The number of aromatic nitrogens is 1. The first-order valence-electron chi connectivity index (χ1n) is 2.99. The molecule has 1 rings (SSSR count). The van der Waals surface area contributed by atoms with E-state index in [0.717, 1.165) is 5.56 Å². The van der Waals surface area contributed by atoms with Crippen molar-refractivity contribution in [3.63, 3.8) is 0 Å². The van der Waals surface area contributed by atoms with Crippen LogP contribution in [-0.4, -0.2) is 15.2 Å². The molecule has 3 nitrogen and oxygen atoms in total. The molecule has 1 aromatic heterocycles. The maximum absolute atomic E-state index is 8.89. The molecule has 1 heterocycles. The van der Waals surface area contributed by atoms with Crippen LogP contribution >= 0.6 is 0 Å². The third kappa shape index (κ3) is 2.56. The number of nitrogens with zero attached hydrogens (tertiary/aromatic N) is 1. The fourth-order valence-electron chi connectivity index (χ4n) is 0.754. The summed E-state index contributed by atoms with van der Waals surface area (Å²) in [4.78, 5) is 3.80. The largest absolute Gasteiger partial charge is 0.506 e. The van der Waals surface area contributed by atoms with E-state index in [0.29, 0.717) is 5.69 Å². The van der Waals surface area contributed by atoms with Crippen molar-refractivity contribution in [2.24, 2.45) is 0 Å². The zero-order valence-electron chi connectivity index (χ0n) is 6.04. The molecule has 0 bridgehead atoms. The molecule has 0 aliphatic rings. The third-order valence-corrected chi connectivity index (χ3v) is 1.32. The average molecular weight is 242 g/mol. The molecule has 1 radical (unpaired) electrons. The number of aromatic hydroxyl groups is 1. The van der Waals surface area contributed by atoms with Gasteiger partial charge >= 0.3 is 0 Å². The van der Waals surface area contributed by atoms with Crippen molar-refractivity contribution < 1.29 is 29.7 Å². The Balaban J connectivity index is 0.000001000. The van der Waals surface area contributed by atoms with Crippen LogP contribution in [0.4, 0.5) is 0 Å². The van der Waals surface area contributed by atoms with Gasteiger partial charge in [0.15, 0.2) is 0 Å². The Bertz CT molecular complexity index is 240. The minimum absolute atomic E-state index is 0. The summed E-state index contributed by atoms with van der Waals surface area (Å²) in [7, 11) is 0. The summed E-state index contributed by atoms with van der Waals surface area (Å²) in [5.74, 6) is 0.134. The zero-order valence-corrected chi connectivity index (χ0v) is 7.68. The van der Waals surface area contributed by atoms with Gasteiger partial charge in [-0.25, -0.2) is 0 Å². The molecule has 0 aliphatic heterocycles. The van der Waals surface area contributed by atoms with Crippen LogP contribution in [-0.2, 0) is 26.1 Å². The zero-order chi connectivity index (χ0) is 7.56. The quantitative estimate of drug-likeness (QED) is 0.708. The SMILES string of the molecule is Cc1cc(O)cnc1CO.[Rh]. The first-order chi connectivity index (χ1) is 4.74. The molecular formula is C7H9NO2Rh. The van der Waals surface area contributed by atoms with Gasteiger partial charge in [0.05, 0.1) is 18.5 Å². The third-order valence-electron chi connectivity index (χ3n) is 1.32. The first-order valence-corrected chi connectivity index (χ1v) is 2.99. The molecule has 0 spiro atoms. The van der Waals surface area contributed by atoms with Gasteiger partial charge in [0.2, 0.25) is 0 Å². The number of aliphatic hydroxyl groups excluding tert-OH is 1. The van der Waals surface area contributed by atoms with Crippen LogP contribution in [0, 0.1) is 6.92 Å². The van der Waals surface area contributed by atoms with Gasteiger partial charge < -0.3 is 10.2 Å². The van der Waals surface area contributed by atoms with E-state index in [-0.39, 0.29) is 31.8 Å². The van der Waals surface area contributed by atoms with Crippen LogP contribution in [0.25, 0.3) is 0 Å². The average Bonchev–Trinajstić information content (AvgIpc) is 1.88. The molecule has 0 saturated carbocycles. The number of aryl methyl sites for hydroxylation is 1. The Kier molecular flexibility index (Phi) is 4.23.